The molecule has 3 aliphatic rings. The van der Waals surface area contributed by atoms with Gasteiger partial charge in [-0.25, -0.2) is 4.79 Å². The van der Waals surface area contributed by atoms with Crippen LogP contribution in [0.4, 0.5) is 4.79 Å². The van der Waals surface area contributed by atoms with Crippen LogP contribution in [-0.2, 0) is 9.53 Å². The SMILES string of the molecule is CCCCC1N(CC(=O)N(CC)CC)C(=O)OC12CCN(C1CCN(C(=O)c3c(C)cccc3C)CC1)CC2. The molecule has 8 nitrogen and oxygen atoms in total. The summed E-state index contributed by atoms with van der Waals surface area (Å²) in [5.74, 6) is 0.146. The number of hydrogen-bond acceptors (Lipinski definition) is 5. The largest absolute Gasteiger partial charge is 0.440 e. The summed E-state index contributed by atoms with van der Waals surface area (Å²) >= 11 is 0. The van der Waals surface area contributed by atoms with Crippen LogP contribution in [0.25, 0.3) is 0 Å². The van der Waals surface area contributed by atoms with Crippen LogP contribution in [0, 0.1) is 13.8 Å². The van der Waals surface area contributed by atoms with Gasteiger partial charge in [-0.2, -0.15) is 0 Å². The fourth-order valence-corrected chi connectivity index (χ4v) is 6.97. The van der Waals surface area contributed by atoms with Gasteiger partial charge in [0.25, 0.3) is 5.91 Å². The molecular weight excluding hydrogens is 492 g/mol. The van der Waals surface area contributed by atoms with E-state index in [1.54, 1.807) is 9.80 Å². The number of amides is 3. The van der Waals surface area contributed by atoms with Gasteiger partial charge < -0.3 is 14.5 Å². The molecule has 8 heteroatoms. The summed E-state index contributed by atoms with van der Waals surface area (Å²) in [6.45, 7) is 14.8. The summed E-state index contributed by atoms with van der Waals surface area (Å²) in [5, 5.41) is 0. The lowest BCUT2D eigenvalue weighted by Gasteiger charge is -2.46. The van der Waals surface area contributed by atoms with E-state index in [2.05, 4.69) is 11.8 Å². The number of carbonyl (C=O) groups excluding carboxylic acids is 3. The third-order valence-corrected chi connectivity index (χ3v) is 9.37. The molecule has 3 saturated heterocycles. The lowest BCUT2D eigenvalue weighted by molar-refractivity contribution is -0.131. The van der Waals surface area contributed by atoms with Crippen molar-refractivity contribution < 1.29 is 19.1 Å². The van der Waals surface area contributed by atoms with Crippen LogP contribution in [0.1, 0.15) is 87.2 Å². The van der Waals surface area contributed by atoms with Gasteiger partial charge in [0.1, 0.15) is 12.1 Å². The van der Waals surface area contributed by atoms with E-state index >= 15 is 0 Å². The molecule has 1 spiro atoms. The number of hydrogen-bond donors (Lipinski definition) is 0. The first-order valence-electron chi connectivity index (χ1n) is 15.1. The Morgan fingerprint density at radius 1 is 1.00 bits per heavy atom. The number of likely N-dealkylation sites (tertiary alicyclic amines) is 2. The average molecular weight is 541 g/mol. The maximum atomic E-state index is 13.3. The number of rotatable bonds is 9. The highest BCUT2D eigenvalue weighted by molar-refractivity contribution is 5.97. The molecule has 216 valence electrons. The monoisotopic (exact) mass is 540 g/mol. The standard InChI is InChI=1S/C31H48N4O4/c1-6-9-13-26-31(39-30(38)35(26)22-27(36)32(7-2)8-3)16-20-33(21-17-31)25-14-18-34(19-15-25)29(37)28-23(4)11-10-12-24(28)5/h10-12,25-26H,6-9,13-22H2,1-5H3. The predicted molar refractivity (Wildman–Crippen MR) is 153 cm³/mol. The minimum Gasteiger partial charge on any atom is -0.440 e. The summed E-state index contributed by atoms with van der Waals surface area (Å²) in [6, 6.07) is 6.42. The summed E-state index contributed by atoms with van der Waals surface area (Å²) in [5.41, 5.74) is 2.42. The van der Waals surface area contributed by atoms with Gasteiger partial charge in [-0.15, -0.1) is 0 Å². The molecule has 0 N–H and O–H groups in total. The van der Waals surface area contributed by atoms with E-state index in [4.69, 9.17) is 4.74 Å². The topological polar surface area (TPSA) is 73.4 Å². The predicted octanol–water partition coefficient (Wildman–Crippen LogP) is 4.62. The molecule has 1 atom stereocenters. The second-order valence-electron chi connectivity index (χ2n) is 11.6. The Bertz CT molecular complexity index is 1000. The van der Waals surface area contributed by atoms with E-state index in [0.29, 0.717) is 19.1 Å². The Kier molecular flexibility index (Phi) is 9.57. The minimum atomic E-state index is -0.509. The Morgan fingerprint density at radius 3 is 2.18 bits per heavy atom. The fraction of sp³-hybridized carbons (Fsp3) is 0.710. The van der Waals surface area contributed by atoms with Crippen LogP contribution in [0.5, 0.6) is 0 Å². The van der Waals surface area contributed by atoms with Gasteiger partial charge in [-0.3, -0.25) is 19.4 Å². The third-order valence-electron chi connectivity index (χ3n) is 9.37. The molecule has 0 radical (unpaired) electrons. The number of nitrogens with zero attached hydrogens (tertiary/aromatic N) is 4. The van der Waals surface area contributed by atoms with E-state index < -0.39 is 5.60 Å². The number of carbonyl (C=O) groups is 3. The molecular formula is C31H48N4O4. The Labute approximate surface area is 234 Å². The molecule has 0 saturated carbocycles. The number of unbranched alkanes of at least 4 members (excludes halogenated alkanes) is 1. The van der Waals surface area contributed by atoms with Gasteiger partial charge in [-0.05, 0) is 58.1 Å². The van der Waals surface area contributed by atoms with Crippen molar-refractivity contribution in [2.24, 2.45) is 0 Å². The van der Waals surface area contributed by atoms with Crippen molar-refractivity contribution >= 4 is 17.9 Å². The van der Waals surface area contributed by atoms with E-state index in [-0.39, 0.29) is 30.5 Å². The van der Waals surface area contributed by atoms with E-state index in [1.807, 2.05) is 50.8 Å². The molecule has 3 aliphatic heterocycles. The molecule has 1 unspecified atom stereocenters. The van der Waals surface area contributed by atoms with Gasteiger partial charge in [0.2, 0.25) is 5.91 Å². The van der Waals surface area contributed by atoms with Crippen molar-refractivity contribution in [1.82, 2.24) is 19.6 Å². The summed E-state index contributed by atoms with van der Waals surface area (Å²) in [6.07, 6.45) is 6.12. The highest BCUT2D eigenvalue weighted by Crippen LogP contribution is 2.41. The van der Waals surface area contributed by atoms with Crippen LogP contribution in [-0.4, -0.2) is 101 Å². The second-order valence-corrected chi connectivity index (χ2v) is 11.6. The van der Waals surface area contributed by atoms with Crippen LogP contribution in [0.15, 0.2) is 18.2 Å². The number of ether oxygens (including phenoxy) is 1. The van der Waals surface area contributed by atoms with Crippen molar-refractivity contribution in [2.45, 2.75) is 97.2 Å². The number of piperidine rings is 2. The average Bonchev–Trinajstić information content (AvgIpc) is 3.17. The molecule has 0 aliphatic carbocycles. The van der Waals surface area contributed by atoms with Crippen LogP contribution in [0.2, 0.25) is 0 Å². The number of benzene rings is 1. The number of aryl methyl sites for hydroxylation is 2. The Balaban J connectivity index is 1.36. The Morgan fingerprint density at radius 2 is 1.62 bits per heavy atom. The van der Waals surface area contributed by atoms with Crippen LogP contribution < -0.4 is 0 Å². The van der Waals surface area contributed by atoms with E-state index in [1.165, 1.54) is 0 Å². The second kappa shape index (κ2) is 12.7. The summed E-state index contributed by atoms with van der Waals surface area (Å²) in [4.78, 5) is 47.3. The molecule has 1 aromatic rings. The van der Waals surface area contributed by atoms with E-state index in [9.17, 15) is 14.4 Å². The first kappa shape index (κ1) is 29.4. The minimum absolute atomic E-state index is 0.00451. The quantitative estimate of drug-likeness (QED) is 0.457. The summed E-state index contributed by atoms with van der Waals surface area (Å²) in [7, 11) is 0. The van der Waals surface area contributed by atoms with Gasteiger partial charge >= 0.3 is 6.09 Å². The normalized spacial score (nSPS) is 21.9. The zero-order valence-corrected chi connectivity index (χ0v) is 24.7. The van der Waals surface area contributed by atoms with Crippen LogP contribution >= 0.6 is 0 Å². The molecule has 3 heterocycles. The summed E-state index contributed by atoms with van der Waals surface area (Å²) < 4.78 is 6.15. The molecule has 39 heavy (non-hydrogen) atoms. The number of likely N-dealkylation sites (N-methyl/N-ethyl adjacent to an activating group) is 1. The van der Waals surface area contributed by atoms with Gasteiger partial charge in [0.05, 0.1) is 6.04 Å². The molecule has 0 aromatic heterocycles. The highest BCUT2D eigenvalue weighted by atomic mass is 16.6. The maximum Gasteiger partial charge on any atom is 0.411 e. The first-order chi connectivity index (χ1) is 18.7. The van der Waals surface area contributed by atoms with Crippen molar-refractivity contribution in [3.63, 3.8) is 0 Å². The molecule has 1 aromatic carbocycles. The van der Waals surface area contributed by atoms with Gasteiger partial charge in [-0.1, -0.05) is 38.0 Å². The molecule has 4 rings (SSSR count). The highest BCUT2D eigenvalue weighted by Gasteiger charge is 2.55. The lowest BCUT2D eigenvalue weighted by Crippen LogP contribution is -2.56. The van der Waals surface area contributed by atoms with Crippen molar-refractivity contribution in [3.05, 3.63) is 34.9 Å². The maximum absolute atomic E-state index is 13.3. The van der Waals surface area contributed by atoms with Crippen molar-refractivity contribution in [3.8, 4) is 0 Å². The first-order valence-corrected chi connectivity index (χ1v) is 15.1. The van der Waals surface area contributed by atoms with Crippen LogP contribution in [0.3, 0.4) is 0 Å². The van der Waals surface area contributed by atoms with E-state index in [0.717, 1.165) is 87.8 Å². The fourth-order valence-electron chi connectivity index (χ4n) is 6.97. The molecule has 3 fully saturated rings. The Hall–Kier alpha value is -2.61. The van der Waals surface area contributed by atoms with Gasteiger partial charge in [0, 0.05) is 63.7 Å². The lowest BCUT2D eigenvalue weighted by atomic mass is 9.81. The third kappa shape index (κ3) is 6.11. The molecule has 0 bridgehead atoms. The van der Waals surface area contributed by atoms with Gasteiger partial charge in [0.15, 0.2) is 0 Å². The van der Waals surface area contributed by atoms with Crippen molar-refractivity contribution in [1.29, 1.82) is 0 Å². The smallest absolute Gasteiger partial charge is 0.411 e. The molecule has 3 amide bonds. The van der Waals surface area contributed by atoms with Crippen molar-refractivity contribution in [2.75, 3.05) is 45.8 Å². The zero-order valence-electron chi connectivity index (χ0n) is 24.7. The zero-order chi connectivity index (χ0) is 28.2.